The number of amides is 1. The summed E-state index contributed by atoms with van der Waals surface area (Å²) in [7, 11) is -4.38. The summed E-state index contributed by atoms with van der Waals surface area (Å²) in [6.45, 7) is 0. The number of benzene rings is 3. The van der Waals surface area contributed by atoms with Crippen molar-refractivity contribution in [2.24, 2.45) is 4.99 Å². The van der Waals surface area contributed by atoms with Crippen molar-refractivity contribution in [2.45, 2.75) is 4.90 Å². The number of fused-ring (bicyclic) bond motifs is 1. The van der Waals surface area contributed by atoms with Crippen LogP contribution in [0.1, 0.15) is 11.1 Å². The lowest BCUT2D eigenvalue weighted by Crippen LogP contribution is -2.14. The molecule has 0 fully saturated rings. The SMILES string of the molecule is N#C/C(C(=O)Nc1ccc(Cl)cc1)=C1/N=C(Nc2cccc(S(=O)(=O)O)c2)c2ccccc21. The third-order valence-electron chi connectivity index (χ3n) is 4.73. The van der Waals surface area contributed by atoms with Gasteiger partial charge >= 0.3 is 0 Å². The monoisotopic (exact) mass is 478 g/mol. The fraction of sp³-hybridized carbons (Fsp3) is 0. The molecule has 8 nitrogen and oxygen atoms in total. The number of hydrogen-bond acceptors (Lipinski definition) is 6. The van der Waals surface area contributed by atoms with Crippen molar-refractivity contribution in [3.05, 3.63) is 94.5 Å². The van der Waals surface area contributed by atoms with E-state index in [0.717, 1.165) is 0 Å². The number of carbonyl (C=O) groups is 1. The molecule has 10 heteroatoms. The van der Waals surface area contributed by atoms with Crippen molar-refractivity contribution in [1.82, 2.24) is 0 Å². The number of aliphatic imine (C=N–C) groups is 1. The van der Waals surface area contributed by atoms with Gasteiger partial charge in [-0.05, 0) is 42.5 Å². The van der Waals surface area contributed by atoms with Crippen LogP contribution in [0.2, 0.25) is 5.02 Å². The smallest absolute Gasteiger partial charge is 0.294 e. The lowest BCUT2D eigenvalue weighted by atomic mass is 10.0. The Kier molecular flexibility index (Phi) is 5.98. The summed E-state index contributed by atoms with van der Waals surface area (Å²) in [5.41, 5.74) is 1.98. The minimum absolute atomic E-state index is 0.174. The maximum absolute atomic E-state index is 12.8. The molecular weight excluding hydrogens is 464 g/mol. The molecule has 0 unspecified atom stereocenters. The molecule has 3 aromatic rings. The van der Waals surface area contributed by atoms with E-state index in [2.05, 4.69) is 15.6 Å². The van der Waals surface area contributed by atoms with Crippen LogP contribution < -0.4 is 10.6 Å². The summed E-state index contributed by atoms with van der Waals surface area (Å²) in [4.78, 5) is 17.0. The number of rotatable bonds is 4. The average molecular weight is 479 g/mol. The molecule has 0 atom stereocenters. The zero-order valence-corrected chi connectivity index (χ0v) is 18.4. The van der Waals surface area contributed by atoms with Crippen LogP contribution in [0, 0.1) is 11.3 Å². The Morgan fingerprint density at radius 1 is 0.970 bits per heavy atom. The van der Waals surface area contributed by atoms with E-state index >= 15 is 0 Å². The van der Waals surface area contributed by atoms with Crippen LogP contribution in [-0.2, 0) is 14.9 Å². The number of amidine groups is 1. The molecule has 164 valence electrons. The number of halogens is 1. The Labute approximate surface area is 194 Å². The first kappa shape index (κ1) is 22.2. The van der Waals surface area contributed by atoms with Crippen molar-refractivity contribution >= 4 is 50.5 Å². The largest absolute Gasteiger partial charge is 0.340 e. The molecular formula is C23H15ClN4O4S. The second kappa shape index (κ2) is 8.88. The molecule has 4 rings (SSSR count). The Bertz CT molecular complexity index is 1470. The van der Waals surface area contributed by atoms with Crippen LogP contribution in [-0.4, -0.2) is 24.7 Å². The van der Waals surface area contributed by atoms with Crippen LogP contribution in [0.4, 0.5) is 11.4 Å². The maximum atomic E-state index is 12.8. The number of anilines is 2. The first-order valence-electron chi connectivity index (χ1n) is 9.50. The van der Waals surface area contributed by atoms with E-state index in [4.69, 9.17) is 11.6 Å². The van der Waals surface area contributed by atoms with Gasteiger partial charge in [0.15, 0.2) is 0 Å². The van der Waals surface area contributed by atoms with Crippen molar-refractivity contribution in [3.63, 3.8) is 0 Å². The Balaban J connectivity index is 1.72. The van der Waals surface area contributed by atoms with Gasteiger partial charge in [0.2, 0.25) is 0 Å². The molecule has 3 N–H and O–H groups in total. The van der Waals surface area contributed by atoms with E-state index in [1.54, 1.807) is 54.6 Å². The van der Waals surface area contributed by atoms with E-state index < -0.39 is 16.0 Å². The van der Waals surface area contributed by atoms with Crippen molar-refractivity contribution < 1.29 is 17.8 Å². The molecule has 3 aromatic carbocycles. The summed E-state index contributed by atoms with van der Waals surface area (Å²) in [6, 6.07) is 20.9. The van der Waals surface area contributed by atoms with Gasteiger partial charge in [-0.3, -0.25) is 9.35 Å². The van der Waals surface area contributed by atoms with Gasteiger partial charge in [0.25, 0.3) is 16.0 Å². The lowest BCUT2D eigenvalue weighted by molar-refractivity contribution is -0.112. The average Bonchev–Trinajstić information content (AvgIpc) is 3.14. The van der Waals surface area contributed by atoms with E-state index in [1.165, 1.54) is 18.2 Å². The molecule has 1 heterocycles. The quantitative estimate of drug-likeness (QED) is 0.290. The molecule has 33 heavy (non-hydrogen) atoms. The first-order chi connectivity index (χ1) is 15.8. The standard InChI is InChI=1S/C23H15ClN4O4S/c24-14-8-10-15(11-9-14)27-23(29)20(13-25)21-18-6-1-2-7-19(18)22(28-21)26-16-4-3-5-17(12-16)33(30,31)32/h1-12H,(H,26,28)(H,27,29)(H,30,31,32)/b21-20-. The molecule has 1 aliphatic heterocycles. The van der Waals surface area contributed by atoms with Gasteiger partial charge in [0.05, 0.1) is 10.6 Å². The van der Waals surface area contributed by atoms with Gasteiger partial charge in [-0.2, -0.15) is 13.7 Å². The van der Waals surface area contributed by atoms with Crippen LogP contribution in [0.25, 0.3) is 5.70 Å². The first-order valence-corrected chi connectivity index (χ1v) is 11.3. The molecule has 0 aliphatic carbocycles. The predicted octanol–water partition coefficient (Wildman–Crippen LogP) is 4.33. The highest BCUT2D eigenvalue weighted by molar-refractivity contribution is 7.85. The fourth-order valence-corrected chi connectivity index (χ4v) is 3.88. The molecule has 1 amide bonds. The predicted molar refractivity (Wildman–Crippen MR) is 125 cm³/mol. The summed E-state index contributed by atoms with van der Waals surface area (Å²) >= 11 is 5.87. The van der Waals surface area contributed by atoms with Crippen molar-refractivity contribution in [2.75, 3.05) is 10.6 Å². The summed E-state index contributed by atoms with van der Waals surface area (Å²) in [5, 5.41) is 15.9. The summed E-state index contributed by atoms with van der Waals surface area (Å²) in [5.74, 6) is -0.317. The summed E-state index contributed by atoms with van der Waals surface area (Å²) in [6.07, 6.45) is 0. The van der Waals surface area contributed by atoms with Gasteiger partial charge in [0.1, 0.15) is 17.5 Å². The topological polar surface area (TPSA) is 132 Å². The summed E-state index contributed by atoms with van der Waals surface area (Å²) < 4.78 is 32.2. The number of nitriles is 1. The minimum atomic E-state index is -4.38. The van der Waals surface area contributed by atoms with E-state index in [9.17, 15) is 23.0 Å². The third kappa shape index (κ3) is 4.78. The second-order valence-corrected chi connectivity index (χ2v) is 8.79. The highest BCUT2D eigenvalue weighted by atomic mass is 35.5. The van der Waals surface area contributed by atoms with Crippen molar-refractivity contribution in [1.29, 1.82) is 5.26 Å². The zero-order chi connectivity index (χ0) is 23.6. The maximum Gasteiger partial charge on any atom is 0.294 e. The van der Waals surface area contributed by atoms with Crippen molar-refractivity contribution in [3.8, 4) is 6.07 Å². The van der Waals surface area contributed by atoms with Crippen LogP contribution >= 0.6 is 11.6 Å². The molecule has 0 saturated heterocycles. The van der Waals surface area contributed by atoms with E-state index in [1.807, 2.05) is 6.07 Å². The Hall–Kier alpha value is -3.97. The highest BCUT2D eigenvalue weighted by Crippen LogP contribution is 2.32. The third-order valence-corrected chi connectivity index (χ3v) is 5.83. The molecule has 0 spiro atoms. The fourth-order valence-electron chi connectivity index (χ4n) is 3.22. The number of carbonyl (C=O) groups excluding carboxylic acids is 1. The molecule has 0 saturated carbocycles. The van der Waals surface area contributed by atoms with Gasteiger partial charge < -0.3 is 10.6 Å². The minimum Gasteiger partial charge on any atom is -0.340 e. The molecule has 0 aromatic heterocycles. The van der Waals surface area contributed by atoms with Gasteiger partial charge in [-0.25, -0.2) is 4.99 Å². The van der Waals surface area contributed by atoms with E-state index in [-0.39, 0.29) is 16.2 Å². The lowest BCUT2D eigenvalue weighted by Gasteiger charge is -2.08. The Morgan fingerprint density at radius 3 is 2.33 bits per heavy atom. The molecule has 0 radical (unpaired) electrons. The van der Waals surface area contributed by atoms with Gasteiger partial charge in [-0.1, -0.05) is 41.9 Å². The van der Waals surface area contributed by atoms with Crippen LogP contribution in [0.15, 0.2) is 88.3 Å². The molecule has 1 aliphatic rings. The number of hydrogen-bond donors (Lipinski definition) is 3. The zero-order valence-electron chi connectivity index (χ0n) is 16.8. The second-order valence-electron chi connectivity index (χ2n) is 6.93. The number of nitrogens with zero attached hydrogens (tertiary/aromatic N) is 2. The van der Waals surface area contributed by atoms with E-state index in [0.29, 0.717) is 33.4 Å². The highest BCUT2D eigenvalue weighted by Gasteiger charge is 2.26. The van der Waals surface area contributed by atoms with Gasteiger partial charge in [0, 0.05) is 27.5 Å². The van der Waals surface area contributed by atoms with Crippen LogP contribution in [0.5, 0.6) is 0 Å². The molecule has 0 bridgehead atoms. The Morgan fingerprint density at radius 2 is 1.67 bits per heavy atom. The van der Waals surface area contributed by atoms with Crippen LogP contribution in [0.3, 0.4) is 0 Å². The normalized spacial score (nSPS) is 14.0. The number of nitrogens with one attached hydrogen (secondary N) is 2. The van der Waals surface area contributed by atoms with Gasteiger partial charge in [-0.15, -0.1) is 0 Å².